The Hall–Kier alpha value is -4.17. The SMILES string of the molecule is Nc1nc(/C(=N/O)C(=O)N[C@@H]2C(=O)N3C(C(=O)O)=C(/C=C4\CCCN(c5ccccc5)C4=O)CS[C@H]23)cs1. The minimum Gasteiger partial charge on any atom is -0.477 e. The highest BCUT2D eigenvalue weighted by atomic mass is 32.2. The number of hydrogen-bond acceptors (Lipinski definition) is 10. The number of hydrogen-bond donors (Lipinski definition) is 4. The van der Waals surface area contributed by atoms with E-state index in [2.05, 4.69) is 15.5 Å². The van der Waals surface area contributed by atoms with Crippen molar-refractivity contribution in [3.8, 4) is 0 Å². The number of thiazole rings is 1. The lowest BCUT2D eigenvalue weighted by atomic mass is 9.97. The average molecular weight is 555 g/mol. The van der Waals surface area contributed by atoms with Crippen molar-refractivity contribution in [2.45, 2.75) is 24.3 Å². The Morgan fingerprint density at radius 3 is 2.66 bits per heavy atom. The van der Waals surface area contributed by atoms with E-state index in [-0.39, 0.29) is 28.2 Å². The summed E-state index contributed by atoms with van der Waals surface area (Å²) in [7, 11) is 0. The summed E-state index contributed by atoms with van der Waals surface area (Å²) in [4.78, 5) is 57.8. The fraction of sp³-hybridized carbons (Fsp3) is 0.250. The Bertz CT molecular complexity index is 1420. The molecule has 0 radical (unpaired) electrons. The Morgan fingerprint density at radius 1 is 1.24 bits per heavy atom. The van der Waals surface area contributed by atoms with E-state index in [1.807, 2.05) is 30.3 Å². The first-order valence-corrected chi connectivity index (χ1v) is 13.5. The van der Waals surface area contributed by atoms with Gasteiger partial charge in [-0.1, -0.05) is 23.4 Å². The number of allylic oxidation sites excluding steroid dienone is 1. The minimum atomic E-state index is -1.31. The van der Waals surface area contributed by atoms with Crippen molar-refractivity contribution in [3.05, 3.63) is 64.3 Å². The number of nitrogen functional groups attached to an aromatic ring is 1. The molecule has 196 valence electrons. The molecule has 1 aromatic heterocycles. The van der Waals surface area contributed by atoms with Gasteiger partial charge in [0, 0.05) is 28.9 Å². The number of oxime groups is 1. The number of carbonyl (C=O) groups excluding carboxylic acids is 3. The molecular weight excluding hydrogens is 532 g/mol. The predicted octanol–water partition coefficient (Wildman–Crippen LogP) is 1.40. The predicted molar refractivity (Wildman–Crippen MR) is 141 cm³/mol. The zero-order valence-electron chi connectivity index (χ0n) is 19.7. The summed E-state index contributed by atoms with van der Waals surface area (Å²) in [6.07, 6.45) is 2.78. The molecule has 0 bridgehead atoms. The van der Waals surface area contributed by atoms with Gasteiger partial charge in [0.25, 0.3) is 17.7 Å². The number of piperidine rings is 1. The second-order valence-electron chi connectivity index (χ2n) is 8.62. The van der Waals surface area contributed by atoms with Gasteiger partial charge in [0.1, 0.15) is 22.8 Å². The third kappa shape index (κ3) is 4.52. The molecule has 2 fully saturated rings. The number of aliphatic carboxylic acids is 1. The second kappa shape index (κ2) is 10.3. The maximum Gasteiger partial charge on any atom is 0.352 e. The molecule has 0 saturated carbocycles. The number of rotatable bonds is 6. The van der Waals surface area contributed by atoms with Crippen LogP contribution in [-0.4, -0.2) is 73.3 Å². The van der Waals surface area contributed by atoms with Gasteiger partial charge in [0.15, 0.2) is 10.8 Å². The molecule has 2 saturated heterocycles. The fourth-order valence-electron chi connectivity index (χ4n) is 4.58. The van der Waals surface area contributed by atoms with Gasteiger partial charge in [-0.05, 0) is 36.6 Å². The van der Waals surface area contributed by atoms with Gasteiger partial charge in [-0.2, -0.15) is 0 Å². The zero-order chi connectivity index (χ0) is 27.0. The molecule has 38 heavy (non-hydrogen) atoms. The molecule has 14 heteroatoms. The molecule has 4 heterocycles. The lowest BCUT2D eigenvalue weighted by Crippen LogP contribution is -2.71. The van der Waals surface area contributed by atoms with Crippen LogP contribution in [0.5, 0.6) is 0 Å². The maximum absolute atomic E-state index is 13.2. The van der Waals surface area contributed by atoms with Crippen LogP contribution in [0.25, 0.3) is 0 Å². The van der Waals surface area contributed by atoms with Crippen molar-refractivity contribution in [2.75, 3.05) is 22.9 Å². The van der Waals surface area contributed by atoms with Crippen LogP contribution >= 0.6 is 23.1 Å². The summed E-state index contributed by atoms with van der Waals surface area (Å²) in [6, 6.07) is 8.20. The van der Waals surface area contributed by atoms with Gasteiger partial charge < -0.3 is 26.3 Å². The Kier molecular flexibility index (Phi) is 6.91. The first kappa shape index (κ1) is 25.5. The molecule has 3 aliphatic heterocycles. The van der Waals surface area contributed by atoms with Gasteiger partial charge >= 0.3 is 5.97 Å². The first-order valence-electron chi connectivity index (χ1n) is 11.5. The van der Waals surface area contributed by atoms with Crippen molar-refractivity contribution in [1.29, 1.82) is 0 Å². The summed E-state index contributed by atoms with van der Waals surface area (Å²) < 4.78 is 0. The average Bonchev–Trinajstić information content (AvgIpc) is 3.34. The van der Waals surface area contributed by atoms with Crippen molar-refractivity contribution < 1.29 is 29.5 Å². The summed E-state index contributed by atoms with van der Waals surface area (Å²) in [5.74, 6) is -2.77. The number of anilines is 2. The van der Waals surface area contributed by atoms with Crippen LogP contribution in [0, 0.1) is 0 Å². The Labute approximate surface area is 224 Å². The number of para-hydroxylation sites is 1. The van der Waals surface area contributed by atoms with Gasteiger partial charge in [0.05, 0.1) is 0 Å². The number of carbonyl (C=O) groups is 4. The number of aromatic nitrogens is 1. The molecule has 3 amide bonds. The number of carboxylic acids is 1. The lowest BCUT2D eigenvalue weighted by molar-refractivity contribution is -0.150. The van der Waals surface area contributed by atoms with Crippen molar-refractivity contribution in [1.82, 2.24) is 15.2 Å². The maximum atomic E-state index is 13.2. The standard InChI is InChI=1S/C24H22N6O6S2/c25-24-26-15(11-38-24)16(28-36)19(31)27-17-21(33)30-18(23(34)35)13(10-37-22(17)30)9-12-5-4-8-29(20(12)32)14-6-2-1-3-7-14/h1-3,6-7,9,11,17,22,36H,4-5,8,10H2,(H2,25,26)(H,27,31)(H,34,35)/b12-9+,28-16-/t17-,22-/m1/s1. The number of nitrogens with one attached hydrogen (secondary N) is 1. The summed E-state index contributed by atoms with van der Waals surface area (Å²) in [6.45, 7) is 0.556. The highest BCUT2D eigenvalue weighted by Crippen LogP contribution is 2.41. The molecule has 0 unspecified atom stereocenters. The first-order chi connectivity index (χ1) is 18.3. The zero-order valence-corrected chi connectivity index (χ0v) is 21.4. The van der Waals surface area contributed by atoms with Gasteiger partial charge in [0.2, 0.25) is 0 Å². The second-order valence-corrected chi connectivity index (χ2v) is 10.6. The third-order valence-corrected chi connectivity index (χ3v) is 8.31. The van der Waals surface area contributed by atoms with Gasteiger partial charge in [-0.15, -0.1) is 23.1 Å². The van der Waals surface area contributed by atoms with E-state index in [0.29, 0.717) is 30.5 Å². The molecule has 2 atom stereocenters. The summed E-state index contributed by atoms with van der Waals surface area (Å²) in [5, 5.41) is 25.7. The van der Waals surface area contributed by atoms with E-state index in [0.717, 1.165) is 21.9 Å². The van der Waals surface area contributed by atoms with E-state index >= 15 is 0 Å². The number of nitrogens with zero attached hydrogens (tertiary/aromatic N) is 4. The summed E-state index contributed by atoms with van der Waals surface area (Å²) >= 11 is 2.32. The highest BCUT2D eigenvalue weighted by molar-refractivity contribution is 8.00. The number of amides is 3. The molecule has 1 aromatic carbocycles. The Morgan fingerprint density at radius 2 is 2.00 bits per heavy atom. The number of fused-ring (bicyclic) bond motifs is 1. The van der Waals surface area contributed by atoms with Crippen LogP contribution in [0.3, 0.4) is 0 Å². The molecule has 0 spiro atoms. The number of carboxylic acid groups (broad SMARTS) is 1. The van der Waals surface area contributed by atoms with E-state index in [1.165, 1.54) is 17.1 Å². The molecule has 12 nitrogen and oxygen atoms in total. The smallest absolute Gasteiger partial charge is 0.352 e. The fourth-order valence-corrected chi connectivity index (χ4v) is 6.43. The number of nitrogens with two attached hydrogens (primary N) is 1. The van der Waals surface area contributed by atoms with Crippen LogP contribution in [0.2, 0.25) is 0 Å². The number of β-lactam (4-membered cyclic amide) rings is 1. The molecule has 3 aliphatic rings. The van der Waals surface area contributed by atoms with E-state index in [4.69, 9.17) is 5.73 Å². The quantitative estimate of drug-likeness (QED) is 0.135. The molecule has 5 N–H and O–H groups in total. The highest BCUT2D eigenvalue weighted by Gasteiger charge is 2.54. The molecule has 0 aliphatic carbocycles. The van der Waals surface area contributed by atoms with Crippen LogP contribution in [0.1, 0.15) is 18.5 Å². The lowest BCUT2D eigenvalue weighted by Gasteiger charge is -2.49. The van der Waals surface area contributed by atoms with Crippen LogP contribution in [-0.2, 0) is 19.2 Å². The molecular formula is C24H22N6O6S2. The van der Waals surface area contributed by atoms with Crippen molar-refractivity contribution in [3.63, 3.8) is 0 Å². The number of thioether (sulfide) groups is 1. The van der Waals surface area contributed by atoms with Crippen molar-refractivity contribution in [2.24, 2.45) is 5.16 Å². The van der Waals surface area contributed by atoms with E-state index < -0.39 is 34.9 Å². The minimum absolute atomic E-state index is 0.0501. The molecule has 2 aromatic rings. The van der Waals surface area contributed by atoms with Crippen LogP contribution in [0.4, 0.5) is 10.8 Å². The van der Waals surface area contributed by atoms with Crippen LogP contribution < -0.4 is 16.0 Å². The van der Waals surface area contributed by atoms with E-state index in [9.17, 15) is 29.5 Å². The molecule has 5 rings (SSSR count). The van der Waals surface area contributed by atoms with E-state index in [1.54, 1.807) is 11.0 Å². The normalized spacial score (nSPS) is 22.8. The largest absolute Gasteiger partial charge is 0.477 e. The summed E-state index contributed by atoms with van der Waals surface area (Å²) in [5.41, 5.74) is 6.58. The third-order valence-electron chi connectivity index (χ3n) is 6.33. The monoisotopic (exact) mass is 554 g/mol. The van der Waals surface area contributed by atoms with Gasteiger partial charge in [-0.25, -0.2) is 9.78 Å². The topological polar surface area (TPSA) is 179 Å². The van der Waals surface area contributed by atoms with Crippen molar-refractivity contribution >= 4 is 63.3 Å². The van der Waals surface area contributed by atoms with Crippen LogP contribution in [0.15, 0.2) is 63.8 Å². The number of benzene rings is 1. The Balaban J connectivity index is 1.36. The van der Waals surface area contributed by atoms with Gasteiger partial charge in [-0.3, -0.25) is 19.3 Å².